The highest BCUT2D eigenvalue weighted by Gasteiger charge is 2.50. The van der Waals surface area contributed by atoms with Gasteiger partial charge in [0.15, 0.2) is 6.10 Å². The standard InChI is InChI=1S/C7H8O6/c8-7-10-2-4(12-7)3-1-9-5-6(11-3)13-5/h3-6H,1-2H2. The molecule has 0 aliphatic carbocycles. The van der Waals surface area contributed by atoms with Crippen LogP contribution in [0.3, 0.4) is 0 Å². The van der Waals surface area contributed by atoms with Gasteiger partial charge in [0.05, 0.1) is 6.61 Å². The Hall–Kier alpha value is -0.850. The predicted molar refractivity (Wildman–Crippen MR) is 35.7 cm³/mol. The Morgan fingerprint density at radius 3 is 2.69 bits per heavy atom. The largest absolute Gasteiger partial charge is 0.508 e. The third-order valence-corrected chi connectivity index (χ3v) is 2.18. The van der Waals surface area contributed by atoms with Crippen molar-refractivity contribution in [3.63, 3.8) is 0 Å². The molecule has 4 atom stereocenters. The van der Waals surface area contributed by atoms with E-state index in [9.17, 15) is 4.79 Å². The van der Waals surface area contributed by atoms with Crippen LogP contribution in [0.15, 0.2) is 0 Å². The molecule has 72 valence electrons. The first kappa shape index (κ1) is 7.54. The normalized spacial score (nSPS) is 47.8. The van der Waals surface area contributed by atoms with Crippen LogP contribution in [0.1, 0.15) is 0 Å². The Kier molecular flexibility index (Phi) is 1.49. The number of carbonyl (C=O) groups is 1. The van der Waals surface area contributed by atoms with Crippen molar-refractivity contribution >= 4 is 6.16 Å². The van der Waals surface area contributed by atoms with E-state index in [1.165, 1.54) is 0 Å². The highest BCUT2D eigenvalue weighted by atomic mass is 16.9. The van der Waals surface area contributed by atoms with Crippen LogP contribution in [0.2, 0.25) is 0 Å². The van der Waals surface area contributed by atoms with Crippen LogP contribution in [0.5, 0.6) is 0 Å². The third kappa shape index (κ3) is 1.27. The molecule has 0 radical (unpaired) electrons. The molecular formula is C7H8O6. The summed E-state index contributed by atoms with van der Waals surface area (Å²) in [5.74, 6) is 0. The summed E-state index contributed by atoms with van der Waals surface area (Å²) in [7, 11) is 0. The Balaban J connectivity index is 1.61. The van der Waals surface area contributed by atoms with E-state index in [-0.39, 0.29) is 31.4 Å². The molecule has 3 aliphatic rings. The maximum absolute atomic E-state index is 10.6. The minimum Gasteiger partial charge on any atom is -0.430 e. The van der Waals surface area contributed by atoms with E-state index < -0.39 is 6.16 Å². The molecule has 0 aromatic carbocycles. The van der Waals surface area contributed by atoms with Crippen molar-refractivity contribution in [2.75, 3.05) is 13.2 Å². The lowest BCUT2D eigenvalue weighted by Crippen LogP contribution is -2.39. The van der Waals surface area contributed by atoms with Crippen LogP contribution in [-0.2, 0) is 23.7 Å². The van der Waals surface area contributed by atoms with E-state index in [0.29, 0.717) is 6.61 Å². The Morgan fingerprint density at radius 2 is 2.00 bits per heavy atom. The van der Waals surface area contributed by atoms with Crippen molar-refractivity contribution in [2.45, 2.75) is 24.8 Å². The summed E-state index contributed by atoms with van der Waals surface area (Å²) in [4.78, 5) is 10.6. The summed E-state index contributed by atoms with van der Waals surface area (Å²) in [6.45, 7) is 0.604. The number of cyclic esters (lactones) is 2. The van der Waals surface area contributed by atoms with E-state index in [1.807, 2.05) is 0 Å². The fourth-order valence-electron chi connectivity index (χ4n) is 1.42. The van der Waals surface area contributed by atoms with Crippen LogP contribution in [0.25, 0.3) is 0 Å². The number of epoxide rings is 1. The highest BCUT2D eigenvalue weighted by molar-refractivity contribution is 5.61. The van der Waals surface area contributed by atoms with Gasteiger partial charge in [0, 0.05) is 0 Å². The zero-order valence-corrected chi connectivity index (χ0v) is 6.67. The van der Waals surface area contributed by atoms with E-state index in [0.717, 1.165) is 0 Å². The topological polar surface area (TPSA) is 66.5 Å². The van der Waals surface area contributed by atoms with Crippen LogP contribution in [0, 0.1) is 0 Å². The van der Waals surface area contributed by atoms with Crippen molar-refractivity contribution < 1.29 is 28.5 Å². The Morgan fingerprint density at radius 1 is 1.08 bits per heavy atom. The van der Waals surface area contributed by atoms with Crippen molar-refractivity contribution in [1.82, 2.24) is 0 Å². The highest BCUT2D eigenvalue weighted by Crippen LogP contribution is 2.32. The predicted octanol–water partition coefficient (Wildman–Crippen LogP) is -0.380. The second-order valence-corrected chi connectivity index (χ2v) is 3.10. The summed E-state index contributed by atoms with van der Waals surface area (Å²) < 4.78 is 25.1. The van der Waals surface area contributed by atoms with Gasteiger partial charge in [-0.25, -0.2) is 4.79 Å². The van der Waals surface area contributed by atoms with Crippen LogP contribution >= 0.6 is 0 Å². The van der Waals surface area contributed by atoms with Gasteiger partial charge in [0.25, 0.3) is 0 Å². The fourth-order valence-corrected chi connectivity index (χ4v) is 1.42. The molecule has 3 rings (SSSR count). The first-order valence-corrected chi connectivity index (χ1v) is 4.09. The summed E-state index contributed by atoms with van der Waals surface area (Å²) in [5.41, 5.74) is 0. The first-order valence-electron chi connectivity index (χ1n) is 4.09. The smallest absolute Gasteiger partial charge is 0.430 e. The van der Waals surface area contributed by atoms with Crippen molar-refractivity contribution in [1.29, 1.82) is 0 Å². The lowest BCUT2D eigenvalue weighted by Gasteiger charge is -2.22. The number of fused-ring (bicyclic) bond motifs is 1. The van der Waals surface area contributed by atoms with Crippen LogP contribution in [-0.4, -0.2) is 44.2 Å². The molecule has 0 N–H and O–H groups in total. The minimum atomic E-state index is -0.646. The van der Waals surface area contributed by atoms with E-state index in [2.05, 4.69) is 4.74 Å². The van der Waals surface area contributed by atoms with Crippen LogP contribution < -0.4 is 0 Å². The molecule has 6 heteroatoms. The van der Waals surface area contributed by atoms with Crippen molar-refractivity contribution in [3.05, 3.63) is 0 Å². The van der Waals surface area contributed by atoms with E-state index in [1.54, 1.807) is 0 Å². The summed E-state index contributed by atoms with van der Waals surface area (Å²) in [6.07, 6.45) is -1.77. The lowest BCUT2D eigenvalue weighted by molar-refractivity contribution is -0.129. The quantitative estimate of drug-likeness (QED) is 0.412. The number of carbonyl (C=O) groups excluding carboxylic acids is 1. The summed E-state index contributed by atoms with van der Waals surface area (Å²) >= 11 is 0. The molecule has 3 aliphatic heterocycles. The molecule has 3 saturated heterocycles. The summed E-state index contributed by atoms with van der Waals surface area (Å²) in [6, 6.07) is 0. The zero-order valence-electron chi connectivity index (χ0n) is 6.67. The number of ether oxygens (including phenoxy) is 5. The van der Waals surface area contributed by atoms with Gasteiger partial charge in [-0.15, -0.1) is 0 Å². The Labute approximate surface area is 73.6 Å². The van der Waals surface area contributed by atoms with Gasteiger partial charge in [0.2, 0.25) is 12.6 Å². The van der Waals surface area contributed by atoms with Gasteiger partial charge in [-0.1, -0.05) is 0 Å². The SMILES string of the molecule is O=C1OCC(C2COC3OC3O2)O1. The average molecular weight is 188 g/mol. The lowest BCUT2D eigenvalue weighted by atomic mass is 10.2. The molecule has 0 amide bonds. The van der Waals surface area contributed by atoms with Gasteiger partial charge in [-0.3, -0.25) is 0 Å². The van der Waals surface area contributed by atoms with E-state index >= 15 is 0 Å². The first-order chi connectivity index (χ1) is 6.33. The molecular weight excluding hydrogens is 180 g/mol. The van der Waals surface area contributed by atoms with Crippen molar-refractivity contribution in [3.8, 4) is 0 Å². The second kappa shape index (κ2) is 2.57. The third-order valence-electron chi connectivity index (χ3n) is 2.18. The number of hydrogen-bond acceptors (Lipinski definition) is 6. The maximum Gasteiger partial charge on any atom is 0.508 e. The minimum absolute atomic E-state index is 0.214. The fraction of sp³-hybridized carbons (Fsp3) is 0.857. The molecule has 0 aromatic rings. The monoisotopic (exact) mass is 188 g/mol. The molecule has 13 heavy (non-hydrogen) atoms. The van der Waals surface area contributed by atoms with Crippen molar-refractivity contribution in [2.24, 2.45) is 0 Å². The maximum atomic E-state index is 10.6. The second-order valence-electron chi connectivity index (χ2n) is 3.10. The van der Waals surface area contributed by atoms with E-state index in [4.69, 9.17) is 18.9 Å². The summed E-state index contributed by atoms with van der Waals surface area (Å²) in [5, 5.41) is 0. The molecule has 4 unspecified atom stereocenters. The Bertz CT molecular complexity index is 241. The molecule has 0 aromatic heterocycles. The number of rotatable bonds is 1. The molecule has 3 heterocycles. The van der Waals surface area contributed by atoms with Gasteiger partial charge in [-0.2, -0.15) is 0 Å². The zero-order chi connectivity index (χ0) is 8.84. The molecule has 3 fully saturated rings. The van der Waals surface area contributed by atoms with Gasteiger partial charge in [-0.05, 0) is 0 Å². The average Bonchev–Trinajstić information content (AvgIpc) is 2.79. The van der Waals surface area contributed by atoms with Gasteiger partial charge in [0.1, 0.15) is 12.7 Å². The molecule has 0 bridgehead atoms. The van der Waals surface area contributed by atoms with Gasteiger partial charge >= 0.3 is 6.16 Å². The molecule has 0 spiro atoms. The number of hydrogen-bond donors (Lipinski definition) is 0. The molecule has 0 saturated carbocycles. The van der Waals surface area contributed by atoms with Crippen LogP contribution in [0.4, 0.5) is 4.79 Å². The molecule has 6 nitrogen and oxygen atoms in total. The van der Waals surface area contributed by atoms with Gasteiger partial charge < -0.3 is 23.7 Å².